The van der Waals surface area contributed by atoms with Crippen molar-refractivity contribution < 1.29 is 26.3 Å². The smallest absolute Gasteiger partial charge is 0.378 e. The molecule has 1 fully saturated rings. The predicted octanol–water partition coefficient (Wildman–Crippen LogP) is 0.857. The largest absolute Gasteiger partial charge is 0.401 e. The van der Waals surface area contributed by atoms with Crippen molar-refractivity contribution in [3.8, 4) is 0 Å². The molecular weight excluding hydrogens is 488 g/mol. The van der Waals surface area contributed by atoms with E-state index in [1.54, 1.807) is 0 Å². The molecule has 0 amide bonds. The summed E-state index contributed by atoms with van der Waals surface area (Å²) < 4.78 is 64.4. The summed E-state index contributed by atoms with van der Waals surface area (Å²) in [6, 6.07) is -0.0914. The Morgan fingerprint density at radius 3 is 2.62 bits per heavy atom. The first kappa shape index (κ1) is 25.7. The van der Waals surface area contributed by atoms with Gasteiger partial charge in [0.2, 0.25) is 0 Å². The van der Waals surface area contributed by atoms with Crippen LogP contribution in [0.15, 0.2) is 4.99 Å². The molecule has 1 unspecified atom stereocenters. The van der Waals surface area contributed by atoms with Gasteiger partial charge in [-0.1, -0.05) is 0 Å². The van der Waals surface area contributed by atoms with Gasteiger partial charge in [0.1, 0.15) is 9.84 Å². The quantitative estimate of drug-likeness (QED) is 0.205. The zero-order chi connectivity index (χ0) is 18.9. The lowest BCUT2D eigenvalue weighted by Gasteiger charge is -2.19. The average Bonchev–Trinajstić information content (AvgIpc) is 2.86. The van der Waals surface area contributed by atoms with Gasteiger partial charge in [-0.2, -0.15) is 13.2 Å². The zero-order valence-corrected chi connectivity index (χ0v) is 18.2. The molecule has 1 heterocycles. The van der Waals surface area contributed by atoms with E-state index in [0.29, 0.717) is 38.6 Å². The van der Waals surface area contributed by atoms with Gasteiger partial charge in [-0.25, -0.2) is 8.42 Å². The molecule has 1 saturated heterocycles. The van der Waals surface area contributed by atoms with Crippen molar-refractivity contribution in [1.29, 1.82) is 0 Å². The molecule has 0 aromatic rings. The molecule has 156 valence electrons. The lowest BCUT2D eigenvalue weighted by molar-refractivity contribution is -0.143. The summed E-state index contributed by atoms with van der Waals surface area (Å²) in [5.41, 5.74) is 0. The highest BCUT2D eigenvalue weighted by atomic mass is 127. The minimum Gasteiger partial charge on any atom is -0.378 e. The highest BCUT2D eigenvalue weighted by molar-refractivity contribution is 14.0. The number of hydrogen-bond acceptors (Lipinski definition) is 5. The third-order valence-electron chi connectivity index (χ3n) is 3.46. The van der Waals surface area contributed by atoms with E-state index in [2.05, 4.69) is 15.6 Å². The first-order valence-corrected chi connectivity index (χ1v) is 10.2. The Kier molecular flexibility index (Phi) is 12.0. The normalized spacial score (nSPS) is 19.3. The maximum atomic E-state index is 12.4. The Hall–Kier alpha value is -0.340. The second-order valence-corrected chi connectivity index (χ2v) is 8.24. The number of halogens is 4. The van der Waals surface area contributed by atoms with Gasteiger partial charge in [-0.3, -0.25) is 9.89 Å². The van der Waals surface area contributed by atoms with Crippen LogP contribution in [0.5, 0.6) is 0 Å². The number of guanidine groups is 1. The molecule has 1 aliphatic rings. The van der Waals surface area contributed by atoms with Gasteiger partial charge < -0.3 is 15.4 Å². The van der Waals surface area contributed by atoms with Crippen LogP contribution in [0, 0.1) is 0 Å². The van der Waals surface area contributed by atoms with Crippen molar-refractivity contribution in [2.24, 2.45) is 4.99 Å². The Balaban J connectivity index is 0.00000625. The summed E-state index contributed by atoms with van der Waals surface area (Å²) in [6.07, 6.45) is -2.42. The fourth-order valence-electron chi connectivity index (χ4n) is 2.40. The molecule has 0 spiro atoms. The number of hydrogen-bond donors (Lipinski definition) is 2. The summed E-state index contributed by atoms with van der Waals surface area (Å²) >= 11 is 0. The maximum absolute atomic E-state index is 12.4. The van der Waals surface area contributed by atoms with E-state index in [0.717, 1.165) is 6.26 Å². The summed E-state index contributed by atoms with van der Waals surface area (Å²) in [5, 5.41) is 6.16. The molecule has 0 bridgehead atoms. The number of ether oxygens (including phenoxy) is 1. The Morgan fingerprint density at radius 1 is 1.35 bits per heavy atom. The van der Waals surface area contributed by atoms with Crippen LogP contribution in [0.25, 0.3) is 0 Å². The topological polar surface area (TPSA) is 83.0 Å². The second kappa shape index (κ2) is 12.2. The van der Waals surface area contributed by atoms with E-state index in [1.807, 2.05) is 6.92 Å². The second-order valence-electron chi connectivity index (χ2n) is 5.98. The van der Waals surface area contributed by atoms with Gasteiger partial charge in [-0.05, 0) is 13.3 Å². The molecule has 7 nitrogen and oxygen atoms in total. The molecular formula is C14H28F3IN4O3S. The summed E-state index contributed by atoms with van der Waals surface area (Å²) in [7, 11) is -3.04. The SMILES string of the molecule is CCNC(=NCCOCCS(C)(=O)=O)NC1CCN(CC(F)(F)F)C1.I. The van der Waals surface area contributed by atoms with Crippen molar-refractivity contribution in [3.63, 3.8) is 0 Å². The molecule has 0 radical (unpaired) electrons. The number of sulfone groups is 1. The summed E-state index contributed by atoms with van der Waals surface area (Å²) in [5.74, 6) is 0.486. The molecule has 1 rings (SSSR count). The summed E-state index contributed by atoms with van der Waals surface area (Å²) in [6.45, 7) is 3.06. The molecule has 0 aromatic heterocycles. The van der Waals surface area contributed by atoms with Gasteiger partial charge in [0.25, 0.3) is 0 Å². The fraction of sp³-hybridized carbons (Fsp3) is 0.929. The van der Waals surface area contributed by atoms with Crippen molar-refractivity contribution >= 4 is 39.8 Å². The van der Waals surface area contributed by atoms with E-state index in [4.69, 9.17) is 4.74 Å². The fourth-order valence-corrected chi connectivity index (χ4v) is 2.82. The highest BCUT2D eigenvalue weighted by Gasteiger charge is 2.34. The summed E-state index contributed by atoms with van der Waals surface area (Å²) in [4.78, 5) is 5.66. The highest BCUT2D eigenvalue weighted by Crippen LogP contribution is 2.19. The standard InChI is InChI=1S/C14H27F3N4O3S.HI/c1-3-18-13(19-5-7-24-8-9-25(2,22)23)20-12-4-6-21(10-12)11-14(15,16)17;/h12H,3-11H2,1-2H3,(H2,18,19,20);1H. The van der Waals surface area contributed by atoms with Gasteiger partial charge >= 0.3 is 6.18 Å². The van der Waals surface area contributed by atoms with Crippen LogP contribution in [-0.4, -0.2) is 89.4 Å². The first-order valence-electron chi connectivity index (χ1n) is 8.18. The van der Waals surface area contributed by atoms with Gasteiger partial charge in [0.05, 0.1) is 32.1 Å². The molecule has 2 N–H and O–H groups in total. The van der Waals surface area contributed by atoms with E-state index >= 15 is 0 Å². The van der Waals surface area contributed by atoms with Crippen LogP contribution < -0.4 is 10.6 Å². The van der Waals surface area contributed by atoms with Gasteiger partial charge in [0, 0.05) is 31.9 Å². The molecule has 0 aliphatic carbocycles. The predicted molar refractivity (Wildman–Crippen MR) is 106 cm³/mol. The lowest BCUT2D eigenvalue weighted by Crippen LogP contribution is -2.45. The van der Waals surface area contributed by atoms with E-state index < -0.39 is 22.6 Å². The first-order chi connectivity index (χ1) is 11.6. The number of nitrogens with one attached hydrogen (secondary N) is 2. The Morgan fingerprint density at radius 2 is 2.04 bits per heavy atom. The minimum absolute atomic E-state index is 0. The van der Waals surface area contributed by atoms with Crippen LogP contribution in [0.1, 0.15) is 13.3 Å². The molecule has 0 saturated carbocycles. The molecule has 0 aromatic carbocycles. The van der Waals surface area contributed by atoms with Crippen LogP contribution in [0.4, 0.5) is 13.2 Å². The number of aliphatic imine (C=N–C) groups is 1. The Bertz CT molecular complexity index is 532. The minimum atomic E-state index is -4.18. The van der Waals surface area contributed by atoms with E-state index in [1.165, 1.54) is 4.90 Å². The number of rotatable bonds is 9. The van der Waals surface area contributed by atoms with Crippen molar-refractivity contribution in [3.05, 3.63) is 0 Å². The third-order valence-corrected chi connectivity index (χ3v) is 4.37. The van der Waals surface area contributed by atoms with Crippen molar-refractivity contribution in [2.45, 2.75) is 25.6 Å². The van der Waals surface area contributed by atoms with E-state index in [-0.39, 0.29) is 49.0 Å². The zero-order valence-electron chi connectivity index (χ0n) is 15.0. The molecule has 1 aliphatic heterocycles. The number of alkyl halides is 3. The van der Waals surface area contributed by atoms with Gasteiger partial charge in [-0.15, -0.1) is 24.0 Å². The molecule has 1 atom stereocenters. The van der Waals surface area contributed by atoms with Gasteiger partial charge in [0.15, 0.2) is 5.96 Å². The van der Waals surface area contributed by atoms with Crippen LogP contribution in [-0.2, 0) is 14.6 Å². The molecule has 26 heavy (non-hydrogen) atoms. The monoisotopic (exact) mass is 516 g/mol. The maximum Gasteiger partial charge on any atom is 0.401 e. The number of likely N-dealkylation sites (tertiary alicyclic amines) is 1. The van der Waals surface area contributed by atoms with Crippen molar-refractivity contribution in [2.75, 3.05) is 57.9 Å². The van der Waals surface area contributed by atoms with Crippen LogP contribution in [0.2, 0.25) is 0 Å². The lowest BCUT2D eigenvalue weighted by atomic mass is 10.3. The van der Waals surface area contributed by atoms with Crippen molar-refractivity contribution in [1.82, 2.24) is 15.5 Å². The van der Waals surface area contributed by atoms with Crippen LogP contribution >= 0.6 is 24.0 Å². The average molecular weight is 516 g/mol. The Labute approximate surface area is 170 Å². The van der Waals surface area contributed by atoms with E-state index in [9.17, 15) is 21.6 Å². The third kappa shape index (κ3) is 12.9. The number of nitrogens with zero attached hydrogens (tertiary/aromatic N) is 2. The van der Waals surface area contributed by atoms with Crippen LogP contribution in [0.3, 0.4) is 0 Å². The molecule has 12 heteroatoms.